The molecule has 3 aromatic rings. The highest BCUT2D eigenvalue weighted by atomic mass is 35.5. The van der Waals surface area contributed by atoms with Crippen LogP contribution in [-0.2, 0) is 41.9 Å². The molecular weight excluding hydrogens is 436 g/mol. The van der Waals surface area contributed by atoms with Crippen LogP contribution in [0.2, 0.25) is 0 Å². The van der Waals surface area contributed by atoms with Crippen molar-refractivity contribution in [3.8, 4) is 0 Å². The summed E-state index contributed by atoms with van der Waals surface area (Å²) in [6.07, 6.45) is 1.83. The number of fused-ring (bicyclic) bond motifs is 1. The van der Waals surface area contributed by atoms with Gasteiger partial charge < -0.3 is 9.88 Å². The van der Waals surface area contributed by atoms with E-state index in [4.69, 9.17) is 5.14 Å². The maximum Gasteiger partial charge on any atom is 0.332 e. The normalized spacial score (nSPS) is 11.3. The van der Waals surface area contributed by atoms with Crippen molar-refractivity contribution in [2.24, 2.45) is 19.2 Å². The summed E-state index contributed by atoms with van der Waals surface area (Å²) < 4.78 is 26.1. The van der Waals surface area contributed by atoms with Crippen molar-refractivity contribution in [1.82, 2.24) is 24.0 Å². The smallest absolute Gasteiger partial charge is 0.332 e. The Morgan fingerprint density at radius 1 is 1.13 bits per heavy atom. The number of nitrogens with zero attached hydrogens (tertiary/aromatic N) is 4. The lowest BCUT2D eigenvalue weighted by Crippen LogP contribution is -2.38. The van der Waals surface area contributed by atoms with Gasteiger partial charge in [-0.1, -0.05) is 12.1 Å². The third-order valence-corrected chi connectivity index (χ3v) is 5.45. The minimum absolute atomic E-state index is 0. The number of carbonyl (C=O) groups is 1. The molecule has 0 aliphatic rings. The molecule has 0 aliphatic heterocycles. The van der Waals surface area contributed by atoms with E-state index in [1.165, 1.54) is 41.7 Å². The van der Waals surface area contributed by atoms with E-state index in [0.717, 1.165) is 10.1 Å². The minimum atomic E-state index is -3.74. The second-order valence-electron chi connectivity index (χ2n) is 6.54. The molecule has 0 aliphatic carbocycles. The van der Waals surface area contributed by atoms with Crippen molar-refractivity contribution in [3.63, 3.8) is 0 Å². The number of aromatic nitrogens is 4. The number of hydrogen-bond donors (Lipinski definition) is 2. The summed E-state index contributed by atoms with van der Waals surface area (Å²) in [7, 11) is -0.874. The van der Waals surface area contributed by atoms with Gasteiger partial charge in [0.25, 0.3) is 5.56 Å². The first kappa shape index (κ1) is 23.3. The summed E-state index contributed by atoms with van der Waals surface area (Å²) in [6.45, 7) is 0.185. The Morgan fingerprint density at radius 2 is 1.77 bits per heavy atom. The quantitative estimate of drug-likeness (QED) is 0.478. The standard InChI is InChI=1S/C17H20N6O5S.ClH/c1-21-15-14(16(25)22(2)17(21)26)23(10-20-15)9-13(24)19-8-7-11-3-5-12(6-4-11)29(18,27)28;/h3-6,10H,7-9H2,1-2H3,(H,19,24)(H2,18,27,28);1H. The lowest BCUT2D eigenvalue weighted by molar-refractivity contribution is -0.121. The molecule has 0 atom stereocenters. The van der Waals surface area contributed by atoms with E-state index in [9.17, 15) is 22.8 Å². The highest BCUT2D eigenvalue weighted by Gasteiger charge is 2.15. The number of rotatable bonds is 6. The van der Waals surface area contributed by atoms with Gasteiger partial charge in [-0.25, -0.2) is 23.3 Å². The summed E-state index contributed by atoms with van der Waals surface area (Å²) >= 11 is 0. The largest absolute Gasteiger partial charge is 0.354 e. The molecule has 2 aromatic heterocycles. The summed E-state index contributed by atoms with van der Waals surface area (Å²) in [5.41, 5.74) is 0.188. The number of nitrogens with two attached hydrogens (primary N) is 1. The minimum Gasteiger partial charge on any atom is -0.354 e. The molecule has 3 rings (SSSR count). The van der Waals surface area contributed by atoms with Crippen LogP contribution >= 0.6 is 12.4 Å². The highest BCUT2D eigenvalue weighted by molar-refractivity contribution is 7.89. The maximum absolute atomic E-state index is 12.4. The van der Waals surface area contributed by atoms with E-state index in [2.05, 4.69) is 10.3 Å². The third-order valence-electron chi connectivity index (χ3n) is 4.52. The fourth-order valence-electron chi connectivity index (χ4n) is 2.92. The summed E-state index contributed by atoms with van der Waals surface area (Å²) in [5, 5.41) is 7.78. The van der Waals surface area contributed by atoms with Crippen LogP contribution in [0.3, 0.4) is 0 Å². The van der Waals surface area contributed by atoms with Crippen LogP contribution in [-0.4, -0.2) is 39.6 Å². The zero-order chi connectivity index (χ0) is 21.3. The Morgan fingerprint density at radius 3 is 2.37 bits per heavy atom. The van der Waals surface area contributed by atoms with Crippen molar-refractivity contribution in [1.29, 1.82) is 0 Å². The SMILES string of the molecule is Cl.Cn1c(=O)c2c(ncn2CC(=O)NCCc2ccc(S(N)(=O)=O)cc2)n(C)c1=O. The van der Waals surface area contributed by atoms with Gasteiger partial charge in [-0.05, 0) is 24.1 Å². The van der Waals surface area contributed by atoms with Gasteiger partial charge in [-0.15, -0.1) is 12.4 Å². The number of benzene rings is 1. The van der Waals surface area contributed by atoms with E-state index in [1.807, 2.05) is 0 Å². The summed E-state index contributed by atoms with van der Waals surface area (Å²) in [4.78, 5) is 40.6. The lowest BCUT2D eigenvalue weighted by atomic mass is 10.1. The Balaban J connectivity index is 0.00000320. The molecule has 11 nitrogen and oxygen atoms in total. The molecule has 30 heavy (non-hydrogen) atoms. The average Bonchev–Trinajstić information content (AvgIpc) is 3.08. The van der Waals surface area contributed by atoms with Gasteiger partial charge in [-0.3, -0.25) is 18.7 Å². The molecular formula is C17H21ClN6O5S. The van der Waals surface area contributed by atoms with E-state index in [1.54, 1.807) is 12.1 Å². The first-order valence-corrected chi connectivity index (χ1v) is 10.1. The van der Waals surface area contributed by atoms with Crippen LogP contribution in [0, 0.1) is 0 Å². The molecule has 0 saturated carbocycles. The Hall–Kier alpha value is -2.96. The molecule has 0 fully saturated rings. The number of imidazole rings is 1. The molecule has 0 unspecified atom stereocenters. The number of halogens is 1. The van der Waals surface area contributed by atoms with E-state index < -0.39 is 21.3 Å². The summed E-state index contributed by atoms with van der Waals surface area (Å²) in [6, 6.07) is 6.06. The van der Waals surface area contributed by atoms with Gasteiger partial charge in [0.2, 0.25) is 15.9 Å². The molecule has 13 heteroatoms. The van der Waals surface area contributed by atoms with Gasteiger partial charge in [0, 0.05) is 20.6 Å². The van der Waals surface area contributed by atoms with E-state index in [0.29, 0.717) is 13.0 Å². The van der Waals surface area contributed by atoms with E-state index in [-0.39, 0.29) is 40.9 Å². The maximum atomic E-state index is 12.4. The highest BCUT2D eigenvalue weighted by Crippen LogP contribution is 2.09. The van der Waals surface area contributed by atoms with Crippen LogP contribution in [0.25, 0.3) is 11.2 Å². The fourth-order valence-corrected chi connectivity index (χ4v) is 3.43. The number of amides is 1. The first-order valence-electron chi connectivity index (χ1n) is 8.59. The fraction of sp³-hybridized carbons (Fsp3) is 0.294. The zero-order valence-corrected chi connectivity index (χ0v) is 17.9. The number of sulfonamides is 1. The predicted octanol–water partition coefficient (Wildman–Crippen LogP) is -1.14. The second-order valence-corrected chi connectivity index (χ2v) is 8.10. The van der Waals surface area contributed by atoms with Crippen molar-refractivity contribution >= 4 is 39.5 Å². The monoisotopic (exact) mass is 456 g/mol. The molecule has 0 spiro atoms. The molecule has 0 saturated heterocycles. The molecule has 0 bridgehead atoms. The number of primary sulfonamides is 1. The summed E-state index contributed by atoms with van der Waals surface area (Å²) in [5.74, 6) is -0.332. The van der Waals surface area contributed by atoms with Gasteiger partial charge in [-0.2, -0.15) is 0 Å². The molecule has 1 amide bonds. The van der Waals surface area contributed by atoms with Crippen LogP contribution in [0.15, 0.2) is 45.1 Å². The number of nitrogens with one attached hydrogen (secondary N) is 1. The van der Waals surface area contributed by atoms with Gasteiger partial charge in [0.05, 0.1) is 11.2 Å². The predicted molar refractivity (Wildman–Crippen MR) is 112 cm³/mol. The molecule has 2 heterocycles. The van der Waals surface area contributed by atoms with Gasteiger partial charge in [0.15, 0.2) is 11.2 Å². The van der Waals surface area contributed by atoms with Gasteiger partial charge in [0.1, 0.15) is 6.54 Å². The Bertz CT molecular complexity index is 1310. The van der Waals surface area contributed by atoms with Crippen LogP contribution in [0.5, 0.6) is 0 Å². The van der Waals surface area contributed by atoms with Crippen molar-refractivity contribution < 1.29 is 13.2 Å². The van der Waals surface area contributed by atoms with Crippen LogP contribution < -0.4 is 21.7 Å². The number of carbonyl (C=O) groups excluding carboxylic acids is 1. The second kappa shape index (κ2) is 8.81. The molecule has 1 aromatic carbocycles. The van der Waals surface area contributed by atoms with Crippen molar-refractivity contribution in [3.05, 3.63) is 57.0 Å². The van der Waals surface area contributed by atoms with Crippen molar-refractivity contribution in [2.75, 3.05) is 6.54 Å². The topological polar surface area (TPSA) is 151 Å². The molecule has 162 valence electrons. The van der Waals surface area contributed by atoms with E-state index >= 15 is 0 Å². The van der Waals surface area contributed by atoms with Crippen LogP contribution in [0.1, 0.15) is 5.56 Å². The Kier molecular flexibility index (Phi) is 6.85. The Labute approximate surface area is 177 Å². The molecule has 3 N–H and O–H groups in total. The van der Waals surface area contributed by atoms with Crippen LogP contribution in [0.4, 0.5) is 0 Å². The first-order chi connectivity index (χ1) is 13.6. The average molecular weight is 457 g/mol. The zero-order valence-electron chi connectivity index (χ0n) is 16.2. The van der Waals surface area contributed by atoms with Gasteiger partial charge >= 0.3 is 5.69 Å². The van der Waals surface area contributed by atoms with Crippen molar-refractivity contribution in [2.45, 2.75) is 17.9 Å². The molecule has 0 radical (unpaired) electrons. The third kappa shape index (κ3) is 4.61. The number of hydrogen-bond acceptors (Lipinski definition) is 6. The number of aryl methyl sites for hydroxylation is 1. The lowest BCUT2D eigenvalue weighted by Gasteiger charge is -2.08.